The van der Waals surface area contributed by atoms with Gasteiger partial charge in [-0.05, 0) is 50.0 Å². The molecule has 0 radical (unpaired) electrons. The quantitative estimate of drug-likeness (QED) is 0.805. The molecule has 0 saturated carbocycles. The monoisotopic (exact) mass is 338 g/mol. The van der Waals surface area contributed by atoms with E-state index in [1.54, 1.807) is 0 Å². The van der Waals surface area contributed by atoms with Gasteiger partial charge in [0.25, 0.3) is 0 Å². The van der Waals surface area contributed by atoms with Crippen LogP contribution in [0.1, 0.15) is 18.4 Å². The standard InChI is InChI=1S/C17H23ClN2O3/c1-23-17(22)14-6-9-20(10-7-14)12-16(21)19-8-5-13-3-2-4-15(18)11-13/h2-4,11,14H,5-10,12H2,1H3,(H,19,21). The van der Waals surface area contributed by atoms with Gasteiger partial charge in [0, 0.05) is 11.6 Å². The molecule has 1 aliphatic rings. The molecular formula is C17H23ClN2O3. The maximum absolute atomic E-state index is 12.0. The van der Waals surface area contributed by atoms with Crippen LogP contribution in [0.5, 0.6) is 0 Å². The van der Waals surface area contributed by atoms with E-state index in [4.69, 9.17) is 16.3 Å². The minimum atomic E-state index is -0.143. The van der Waals surface area contributed by atoms with Crippen LogP contribution >= 0.6 is 11.6 Å². The molecule has 0 atom stereocenters. The molecule has 1 N–H and O–H groups in total. The highest BCUT2D eigenvalue weighted by molar-refractivity contribution is 6.30. The van der Waals surface area contributed by atoms with Gasteiger partial charge in [-0.25, -0.2) is 0 Å². The number of amides is 1. The third kappa shape index (κ3) is 5.84. The molecule has 0 aromatic heterocycles. The zero-order valence-corrected chi connectivity index (χ0v) is 14.1. The summed E-state index contributed by atoms with van der Waals surface area (Å²) >= 11 is 5.93. The van der Waals surface area contributed by atoms with Gasteiger partial charge in [0.1, 0.15) is 0 Å². The van der Waals surface area contributed by atoms with Crippen LogP contribution in [0.15, 0.2) is 24.3 Å². The molecule has 1 saturated heterocycles. The van der Waals surface area contributed by atoms with E-state index in [1.165, 1.54) is 7.11 Å². The highest BCUT2D eigenvalue weighted by atomic mass is 35.5. The highest BCUT2D eigenvalue weighted by Gasteiger charge is 2.26. The van der Waals surface area contributed by atoms with Gasteiger partial charge in [-0.1, -0.05) is 23.7 Å². The number of halogens is 1. The molecule has 126 valence electrons. The first-order chi connectivity index (χ1) is 11.1. The maximum Gasteiger partial charge on any atom is 0.308 e. The number of carbonyl (C=O) groups excluding carboxylic acids is 2. The van der Waals surface area contributed by atoms with E-state index < -0.39 is 0 Å². The van der Waals surface area contributed by atoms with E-state index in [9.17, 15) is 9.59 Å². The number of nitrogens with zero attached hydrogens (tertiary/aromatic N) is 1. The lowest BCUT2D eigenvalue weighted by Crippen LogP contribution is -2.43. The second-order valence-corrected chi connectivity index (χ2v) is 6.24. The molecule has 6 heteroatoms. The van der Waals surface area contributed by atoms with E-state index in [1.807, 2.05) is 24.3 Å². The van der Waals surface area contributed by atoms with Gasteiger partial charge in [-0.15, -0.1) is 0 Å². The summed E-state index contributed by atoms with van der Waals surface area (Å²) in [6, 6.07) is 7.65. The predicted molar refractivity (Wildman–Crippen MR) is 89.3 cm³/mol. The first kappa shape index (κ1) is 17.8. The van der Waals surface area contributed by atoms with Gasteiger partial charge >= 0.3 is 5.97 Å². The van der Waals surface area contributed by atoms with Crippen LogP contribution in [0.4, 0.5) is 0 Å². The van der Waals surface area contributed by atoms with Gasteiger partial charge in [0.2, 0.25) is 5.91 Å². The Hall–Kier alpha value is -1.59. The second-order valence-electron chi connectivity index (χ2n) is 5.80. The molecular weight excluding hydrogens is 316 g/mol. The van der Waals surface area contributed by atoms with Gasteiger partial charge in [-0.2, -0.15) is 0 Å². The summed E-state index contributed by atoms with van der Waals surface area (Å²) in [5.41, 5.74) is 1.11. The van der Waals surface area contributed by atoms with Crippen molar-refractivity contribution in [3.05, 3.63) is 34.9 Å². The number of methoxy groups -OCH3 is 1. The predicted octanol–water partition coefficient (Wildman–Crippen LogP) is 1.88. The largest absolute Gasteiger partial charge is 0.469 e. The average Bonchev–Trinajstić information content (AvgIpc) is 2.55. The maximum atomic E-state index is 12.0. The zero-order chi connectivity index (χ0) is 16.7. The van der Waals surface area contributed by atoms with Crippen molar-refractivity contribution in [1.82, 2.24) is 10.2 Å². The number of hydrogen-bond donors (Lipinski definition) is 1. The van der Waals surface area contributed by atoms with E-state index in [0.717, 1.165) is 37.9 Å². The van der Waals surface area contributed by atoms with Gasteiger partial charge in [0.15, 0.2) is 0 Å². The third-order valence-electron chi connectivity index (χ3n) is 4.11. The van der Waals surface area contributed by atoms with Crippen LogP contribution in [-0.4, -0.2) is 50.1 Å². The van der Waals surface area contributed by atoms with E-state index in [0.29, 0.717) is 18.1 Å². The fraction of sp³-hybridized carbons (Fsp3) is 0.529. The van der Waals surface area contributed by atoms with Crippen molar-refractivity contribution in [2.75, 3.05) is 33.3 Å². The Labute approximate surface area is 141 Å². The minimum Gasteiger partial charge on any atom is -0.469 e. The molecule has 0 bridgehead atoms. The number of piperidine rings is 1. The number of ether oxygens (including phenoxy) is 1. The van der Waals surface area contributed by atoms with Crippen molar-refractivity contribution < 1.29 is 14.3 Å². The van der Waals surface area contributed by atoms with Crippen molar-refractivity contribution in [1.29, 1.82) is 0 Å². The third-order valence-corrected chi connectivity index (χ3v) is 4.35. The molecule has 1 aromatic rings. The lowest BCUT2D eigenvalue weighted by atomic mass is 9.97. The Morgan fingerprint density at radius 2 is 2.09 bits per heavy atom. The number of hydrogen-bond acceptors (Lipinski definition) is 4. The number of likely N-dealkylation sites (tertiary alicyclic amines) is 1. The van der Waals surface area contributed by atoms with E-state index in [2.05, 4.69) is 10.2 Å². The fourth-order valence-electron chi connectivity index (χ4n) is 2.79. The fourth-order valence-corrected chi connectivity index (χ4v) is 3.00. The topological polar surface area (TPSA) is 58.6 Å². The number of benzene rings is 1. The Morgan fingerprint density at radius 3 is 2.74 bits per heavy atom. The molecule has 0 aliphatic carbocycles. The minimum absolute atomic E-state index is 0.0172. The molecule has 5 nitrogen and oxygen atoms in total. The molecule has 0 unspecified atom stereocenters. The molecule has 1 fully saturated rings. The Kier molecular flexibility index (Phi) is 6.86. The Balaban J connectivity index is 1.65. The summed E-state index contributed by atoms with van der Waals surface area (Å²) in [6.07, 6.45) is 2.27. The average molecular weight is 339 g/mol. The Morgan fingerprint density at radius 1 is 1.35 bits per heavy atom. The lowest BCUT2D eigenvalue weighted by Gasteiger charge is -2.29. The van der Waals surface area contributed by atoms with Crippen molar-refractivity contribution in [2.45, 2.75) is 19.3 Å². The van der Waals surface area contributed by atoms with Gasteiger partial charge < -0.3 is 10.1 Å². The van der Waals surface area contributed by atoms with Gasteiger partial charge in [0.05, 0.1) is 19.6 Å². The molecule has 1 aliphatic heterocycles. The van der Waals surface area contributed by atoms with Crippen molar-refractivity contribution in [3.63, 3.8) is 0 Å². The van der Waals surface area contributed by atoms with E-state index in [-0.39, 0.29) is 17.8 Å². The van der Waals surface area contributed by atoms with Gasteiger partial charge in [-0.3, -0.25) is 14.5 Å². The number of rotatable bonds is 6. The summed E-state index contributed by atoms with van der Waals surface area (Å²) in [5, 5.41) is 3.64. The first-order valence-electron chi connectivity index (χ1n) is 7.90. The molecule has 1 amide bonds. The van der Waals surface area contributed by atoms with Crippen molar-refractivity contribution in [2.24, 2.45) is 5.92 Å². The number of carbonyl (C=O) groups is 2. The van der Waals surface area contributed by atoms with Crippen molar-refractivity contribution in [3.8, 4) is 0 Å². The molecule has 2 rings (SSSR count). The zero-order valence-electron chi connectivity index (χ0n) is 13.4. The summed E-state index contributed by atoms with van der Waals surface area (Å²) in [7, 11) is 1.42. The Bertz CT molecular complexity index is 542. The summed E-state index contributed by atoms with van der Waals surface area (Å²) in [5.74, 6) is -0.152. The van der Waals surface area contributed by atoms with Crippen LogP contribution < -0.4 is 5.32 Å². The second kappa shape index (κ2) is 8.89. The number of nitrogens with one attached hydrogen (secondary N) is 1. The first-order valence-corrected chi connectivity index (χ1v) is 8.27. The highest BCUT2D eigenvalue weighted by Crippen LogP contribution is 2.18. The van der Waals surface area contributed by atoms with Crippen molar-refractivity contribution >= 4 is 23.5 Å². The van der Waals surface area contributed by atoms with Crippen LogP contribution in [0, 0.1) is 5.92 Å². The van der Waals surface area contributed by atoms with Crippen LogP contribution in [0.3, 0.4) is 0 Å². The SMILES string of the molecule is COC(=O)C1CCN(CC(=O)NCCc2cccc(Cl)c2)CC1. The lowest BCUT2D eigenvalue weighted by molar-refractivity contribution is -0.147. The summed E-state index contributed by atoms with van der Waals surface area (Å²) in [6.45, 7) is 2.48. The van der Waals surface area contributed by atoms with Crippen LogP contribution in [-0.2, 0) is 20.7 Å². The molecule has 1 aromatic carbocycles. The molecule has 1 heterocycles. The van der Waals surface area contributed by atoms with Crippen LogP contribution in [0.2, 0.25) is 5.02 Å². The molecule has 0 spiro atoms. The number of esters is 1. The molecule has 23 heavy (non-hydrogen) atoms. The smallest absolute Gasteiger partial charge is 0.308 e. The van der Waals surface area contributed by atoms with Crippen LogP contribution in [0.25, 0.3) is 0 Å². The summed E-state index contributed by atoms with van der Waals surface area (Å²) in [4.78, 5) is 25.5. The summed E-state index contributed by atoms with van der Waals surface area (Å²) < 4.78 is 4.76. The normalized spacial score (nSPS) is 16.1. The van der Waals surface area contributed by atoms with E-state index >= 15 is 0 Å².